The summed E-state index contributed by atoms with van der Waals surface area (Å²) >= 11 is 0. The van der Waals surface area contributed by atoms with Gasteiger partial charge in [0.2, 0.25) is 5.91 Å². The summed E-state index contributed by atoms with van der Waals surface area (Å²) in [5, 5.41) is 13.1. The van der Waals surface area contributed by atoms with Gasteiger partial charge in [-0.25, -0.2) is 0 Å². The fraction of sp³-hybridized carbons (Fsp3) is 0.588. The van der Waals surface area contributed by atoms with Crippen LogP contribution in [-0.2, 0) is 4.79 Å². The number of amides is 1. The standard InChI is InChI=1S/C17H23NO3/c1-21-13-9-7-12(8-10-13)16(11-5-6-11)18-17(20)14-3-2-4-15(14)19/h7-11,14-16,19H,2-6H2,1H3,(H,18,20). The lowest BCUT2D eigenvalue weighted by molar-refractivity contribution is -0.128. The fourth-order valence-corrected chi connectivity index (χ4v) is 3.22. The molecule has 3 atom stereocenters. The van der Waals surface area contributed by atoms with Crippen LogP contribution in [0.15, 0.2) is 24.3 Å². The number of benzene rings is 1. The molecule has 3 unspecified atom stereocenters. The Bertz CT molecular complexity index is 495. The van der Waals surface area contributed by atoms with Crippen molar-refractivity contribution in [2.45, 2.75) is 44.2 Å². The van der Waals surface area contributed by atoms with Crippen LogP contribution in [0.3, 0.4) is 0 Å². The maximum absolute atomic E-state index is 12.4. The number of hydrogen-bond acceptors (Lipinski definition) is 3. The van der Waals surface area contributed by atoms with Crippen molar-refractivity contribution in [3.63, 3.8) is 0 Å². The summed E-state index contributed by atoms with van der Waals surface area (Å²) in [5.74, 6) is 1.13. The predicted molar refractivity (Wildman–Crippen MR) is 79.9 cm³/mol. The van der Waals surface area contributed by atoms with Crippen LogP contribution in [0.5, 0.6) is 5.75 Å². The van der Waals surface area contributed by atoms with E-state index < -0.39 is 6.10 Å². The fourth-order valence-electron chi connectivity index (χ4n) is 3.22. The zero-order valence-corrected chi connectivity index (χ0v) is 12.4. The van der Waals surface area contributed by atoms with E-state index in [4.69, 9.17) is 4.74 Å². The Hall–Kier alpha value is -1.55. The minimum absolute atomic E-state index is 0.00715. The summed E-state index contributed by atoms with van der Waals surface area (Å²) in [6.07, 6.45) is 4.33. The zero-order chi connectivity index (χ0) is 14.8. The second-order valence-electron chi connectivity index (χ2n) is 6.20. The number of carbonyl (C=O) groups excluding carboxylic acids is 1. The summed E-state index contributed by atoms with van der Waals surface area (Å²) in [6, 6.07) is 7.97. The molecule has 0 spiro atoms. The quantitative estimate of drug-likeness (QED) is 0.875. The molecule has 1 aromatic rings. The van der Waals surface area contributed by atoms with E-state index in [1.54, 1.807) is 7.11 Å². The van der Waals surface area contributed by atoms with Gasteiger partial charge in [0.15, 0.2) is 0 Å². The highest BCUT2D eigenvalue weighted by Gasteiger charge is 2.37. The van der Waals surface area contributed by atoms with E-state index >= 15 is 0 Å². The molecule has 3 rings (SSSR count). The van der Waals surface area contributed by atoms with Crippen LogP contribution in [0.2, 0.25) is 0 Å². The van der Waals surface area contributed by atoms with Gasteiger partial charge in [-0.05, 0) is 55.7 Å². The molecule has 1 amide bonds. The normalized spacial score (nSPS) is 26.4. The average Bonchev–Trinajstić information content (AvgIpc) is 3.26. The van der Waals surface area contributed by atoms with Gasteiger partial charge in [0.1, 0.15) is 5.75 Å². The van der Waals surface area contributed by atoms with Gasteiger partial charge in [0.25, 0.3) is 0 Å². The van der Waals surface area contributed by atoms with Crippen LogP contribution in [0.25, 0.3) is 0 Å². The van der Waals surface area contributed by atoms with Crippen LogP contribution in [0.1, 0.15) is 43.7 Å². The Kier molecular flexibility index (Phi) is 4.15. The summed E-state index contributed by atoms with van der Waals surface area (Å²) in [5.41, 5.74) is 1.12. The first-order chi connectivity index (χ1) is 10.2. The number of methoxy groups -OCH3 is 1. The Morgan fingerprint density at radius 2 is 1.95 bits per heavy atom. The first-order valence-electron chi connectivity index (χ1n) is 7.81. The molecule has 2 N–H and O–H groups in total. The molecule has 2 aliphatic rings. The van der Waals surface area contributed by atoms with Crippen molar-refractivity contribution in [3.05, 3.63) is 29.8 Å². The molecule has 0 radical (unpaired) electrons. The number of hydrogen-bond donors (Lipinski definition) is 2. The predicted octanol–water partition coefficient (Wildman–Crippen LogP) is 2.42. The van der Waals surface area contributed by atoms with Crippen molar-refractivity contribution < 1.29 is 14.6 Å². The van der Waals surface area contributed by atoms with E-state index in [2.05, 4.69) is 5.32 Å². The highest BCUT2D eigenvalue weighted by molar-refractivity contribution is 5.80. The van der Waals surface area contributed by atoms with E-state index in [0.29, 0.717) is 5.92 Å². The molecule has 2 fully saturated rings. The van der Waals surface area contributed by atoms with Crippen molar-refractivity contribution in [1.29, 1.82) is 0 Å². The lowest BCUT2D eigenvalue weighted by Gasteiger charge is -2.22. The van der Waals surface area contributed by atoms with Crippen molar-refractivity contribution in [1.82, 2.24) is 5.32 Å². The smallest absolute Gasteiger partial charge is 0.226 e. The van der Waals surface area contributed by atoms with E-state index in [0.717, 1.165) is 43.4 Å². The number of rotatable bonds is 5. The van der Waals surface area contributed by atoms with Crippen LogP contribution < -0.4 is 10.1 Å². The molecule has 2 saturated carbocycles. The molecule has 1 aromatic carbocycles. The molecule has 0 bridgehead atoms. The Labute approximate surface area is 125 Å². The monoisotopic (exact) mass is 289 g/mol. The van der Waals surface area contributed by atoms with Crippen molar-refractivity contribution in [2.24, 2.45) is 11.8 Å². The number of aliphatic hydroxyl groups excluding tert-OH is 1. The summed E-state index contributed by atoms with van der Waals surface area (Å²) in [4.78, 5) is 12.4. The van der Waals surface area contributed by atoms with Gasteiger partial charge < -0.3 is 15.2 Å². The maximum Gasteiger partial charge on any atom is 0.226 e. The first kappa shape index (κ1) is 14.4. The van der Waals surface area contributed by atoms with Gasteiger partial charge in [0, 0.05) is 0 Å². The number of carbonyl (C=O) groups is 1. The molecule has 0 aliphatic heterocycles. The minimum atomic E-state index is -0.472. The zero-order valence-electron chi connectivity index (χ0n) is 12.4. The largest absolute Gasteiger partial charge is 0.497 e. The second-order valence-corrected chi connectivity index (χ2v) is 6.20. The third-order valence-corrected chi connectivity index (χ3v) is 4.68. The average molecular weight is 289 g/mol. The third-order valence-electron chi connectivity index (χ3n) is 4.68. The summed E-state index contributed by atoms with van der Waals surface area (Å²) < 4.78 is 5.18. The topological polar surface area (TPSA) is 58.6 Å². The van der Waals surface area contributed by atoms with Gasteiger partial charge in [0.05, 0.1) is 25.2 Å². The van der Waals surface area contributed by atoms with Crippen LogP contribution in [0, 0.1) is 11.8 Å². The first-order valence-corrected chi connectivity index (χ1v) is 7.81. The van der Waals surface area contributed by atoms with Crippen molar-refractivity contribution >= 4 is 5.91 Å². The molecular formula is C17H23NO3. The lowest BCUT2D eigenvalue weighted by atomic mass is 9.99. The highest BCUT2D eigenvalue weighted by atomic mass is 16.5. The minimum Gasteiger partial charge on any atom is -0.497 e. The molecule has 0 aromatic heterocycles. The van der Waals surface area contributed by atoms with Gasteiger partial charge >= 0.3 is 0 Å². The molecule has 2 aliphatic carbocycles. The van der Waals surface area contributed by atoms with E-state index in [-0.39, 0.29) is 17.9 Å². The summed E-state index contributed by atoms with van der Waals surface area (Å²) in [6.45, 7) is 0. The van der Waals surface area contributed by atoms with E-state index in [1.165, 1.54) is 0 Å². The number of ether oxygens (including phenoxy) is 1. The Morgan fingerprint density at radius 1 is 1.24 bits per heavy atom. The maximum atomic E-state index is 12.4. The van der Waals surface area contributed by atoms with Gasteiger partial charge in [-0.1, -0.05) is 12.1 Å². The number of aliphatic hydroxyl groups is 1. The van der Waals surface area contributed by atoms with Gasteiger partial charge in [-0.3, -0.25) is 4.79 Å². The molecule has 21 heavy (non-hydrogen) atoms. The van der Waals surface area contributed by atoms with Crippen molar-refractivity contribution in [2.75, 3.05) is 7.11 Å². The third kappa shape index (κ3) is 3.21. The molecule has 0 saturated heterocycles. The van der Waals surface area contributed by atoms with Crippen LogP contribution in [0.4, 0.5) is 0 Å². The van der Waals surface area contributed by atoms with Gasteiger partial charge in [-0.15, -0.1) is 0 Å². The highest BCUT2D eigenvalue weighted by Crippen LogP contribution is 2.41. The van der Waals surface area contributed by atoms with Crippen LogP contribution >= 0.6 is 0 Å². The Morgan fingerprint density at radius 3 is 2.48 bits per heavy atom. The molecular weight excluding hydrogens is 266 g/mol. The van der Waals surface area contributed by atoms with Crippen LogP contribution in [-0.4, -0.2) is 24.2 Å². The molecule has 0 heterocycles. The van der Waals surface area contributed by atoms with Crippen molar-refractivity contribution in [3.8, 4) is 5.75 Å². The van der Waals surface area contributed by atoms with E-state index in [1.807, 2.05) is 24.3 Å². The second kappa shape index (κ2) is 6.06. The molecule has 4 nitrogen and oxygen atoms in total. The Balaban J connectivity index is 1.70. The number of nitrogens with one attached hydrogen (secondary N) is 1. The lowest BCUT2D eigenvalue weighted by Crippen LogP contribution is -2.37. The van der Waals surface area contributed by atoms with E-state index in [9.17, 15) is 9.90 Å². The SMILES string of the molecule is COc1ccc(C(NC(=O)C2CCCC2O)C2CC2)cc1. The molecule has 114 valence electrons. The summed E-state index contributed by atoms with van der Waals surface area (Å²) in [7, 11) is 1.65. The van der Waals surface area contributed by atoms with Gasteiger partial charge in [-0.2, -0.15) is 0 Å². The molecule has 4 heteroatoms.